The Morgan fingerprint density at radius 2 is 1.64 bits per heavy atom. The van der Waals surface area contributed by atoms with Crippen LogP contribution in [-0.4, -0.2) is 26.6 Å². The van der Waals surface area contributed by atoms with Crippen molar-refractivity contribution in [1.82, 2.24) is 9.78 Å². The molecule has 1 spiro atoms. The summed E-state index contributed by atoms with van der Waals surface area (Å²) in [7, 11) is 0. The lowest BCUT2D eigenvalue weighted by atomic mass is 9.47. The molecule has 1 unspecified atom stereocenters. The van der Waals surface area contributed by atoms with Crippen molar-refractivity contribution in [1.29, 1.82) is 0 Å². The fourth-order valence-corrected chi connectivity index (χ4v) is 6.52. The molecule has 0 radical (unpaired) electrons. The average Bonchev–Trinajstić information content (AvgIpc) is 3.29. The van der Waals surface area contributed by atoms with Crippen molar-refractivity contribution in [3.8, 4) is 11.1 Å². The topological polar surface area (TPSA) is 72.2 Å². The van der Waals surface area contributed by atoms with Crippen molar-refractivity contribution in [2.24, 2.45) is 17.3 Å². The van der Waals surface area contributed by atoms with Gasteiger partial charge in [0.2, 0.25) is 0 Å². The number of carbonyl (C=O) groups is 2. The van der Waals surface area contributed by atoms with Gasteiger partial charge in [0.05, 0.1) is 23.7 Å². The molecule has 182 valence electrons. The molecule has 1 N–H and O–H groups in total. The maximum atomic E-state index is 13.4. The summed E-state index contributed by atoms with van der Waals surface area (Å²) in [5, 5.41) is 14.8. The van der Waals surface area contributed by atoms with Crippen molar-refractivity contribution in [3.63, 3.8) is 0 Å². The Morgan fingerprint density at radius 1 is 0.944 bits per heavy atom. The summed E-state index contributed by atoms with van der Waals surface area (Å²) < 4.78 is 1.98. The number of hydrogen-bond donors (Lipinski definition) is 1. The van der Waals surface area contributed by atoms with Crippen molar-refractivity contribution >= 4 is 22.7 Å². The van der Waals surface area contributed by atoms with Gasteiger partial charge in [-0.05, 0) is 66.7 Å². The molecule has 1 heterocycles. The van der Waals surface area contributed by atoms with E-state index in [1.165, 1.54) is 11.1 Å². The first-order valence-corrected chi connectivity index (χ1v) is 12.8. The lowest BCUT2D eigenvalue weighted by Gasteiger charge is -2.56. The lowest BCUT2D eigenvalue weighted by molar-refractivity contribution is -0.157. The molecule has 0 bridgehead atoms. The highest BCUT2D eigenvalue weighted by Gasteiger charge is 2.54. The molecule has 1 aromatic heterocycles. The number of benzene rings is 3. The highest BCUT2D eigenvalue weighted by Crippen LogP contribution is 2.62. The van der Waals surface area contributed by atoms with E-state index >= 15 is 0 Å². The molecule has 5 heteroatoms. The van der Waals surface area contributed by atoms with Crippen LogP contribution in [0, 0.1) is 17.3 Å². The maximum Gasteiger partial charge on any atom is 0.306 e. The minimum Gasteiger partial charge on any atom is -0.481 e. The quantitative estimate of drug-likeness (QED) is 0.297. The number of carboxylic acid groups (broad SMARTS) is 1. The number of carboxylic acids is 1. The van der Waals surface area contributed by atoms with Gasteiger partial charge in [-0.2, -0.15) is 5.10 Å². The molecular weight excluding hydrogens is 448 g/mol. The van der Waals surface area contributed by atoms with Crippen LogP contribution in [0.25, 0.3) is 22.0 Å². The second-order valence-electron chi connectivity index (χ2n) is 10.8. The zero-order chi connectivity index (χ0) is 24.9. The van der Waals surface area contributed by atoms with Gasteiger partial charge in [-0.15, -0.1) is 0 Å². The molecule has 36 heavy (non-hydrogen) atoms. The molecule has 2 fully saturated rings. The zero-order valence-electron chi connectivity index (χ0n) is 20.4. The third-order valence-electron chi connectivity index (χ3n) is 8.41. The molecule has 6 rings (SSSR count). The van der Waals surface area contributed by atoms with Gasteiger partial charge >= 0.3 is 5.97 Å². The van der Waals surface area contributed by atoms with Crippen LogP contribution in [0.1, 0.15) is 61.0 Å². The second kappa shape index (κ2) is 8.74. The number of ketones is 1. The number of Topliss-reactive ketones (excluding diaryl/α,β-unsaturated/α-hetero) is 1. The van der Waals surface area contributed by atoms with Gasteiger partial charge in [-0.1, -0.05) is 66.7 Å². The third kappa shape index (κ3) is 3.93. The number of carbonyl (C=O) groups excluding carboxylic acids is 1. The standard InChI is InChI=1S/C31H30N2O3/c1-20(22-10-12-24(13-11-22)23-6-3-2-4-7-23)33-29-25(19-32-33)8-5-9-27(29)28(34)14-21-15-31(16-21)17-26(18-31)30(35)36/h2-13,19-21,26H,14-18H2,1H3,(H,35,36). The summed E-state index contributed by atoms with van der Waals surface area (Å²) in [6, 6.07) is 24.7. The molecule has 1 atom stereocenters. The summed E-state index contributed by atoms with van der Waals surface area (Å²) in [6.45, 7) is 2.12. The smallest absolute Gasteiger partial charge is 0.306 e. The molecular formula is C31H30N2O3. The SMILES string of the molecule is CC(c1ccc(-c2ccccc2)cc1)n1ncc2cccc(C(=O)CC3CC4(C3)CC(C(=O)O)C4)c21. The number of nitrogens with zero attached hydrogens (tertiary/aromatic N) is 2. The maximum absolute atomic E-state index is 13.4. The second-order valence-corrected chi connectivity index (χ2v) is 10.8. The first kappa shape index (κ1) is 22.7. The fourth-order valence-electron chi connectivity index (χ4n) is 6.52. The summed E-state index contributed by atoms with van der Waals surface area (Å²) in [4.78, 5) is 24.6. The van der Waals surface area contributed by atoms with Crippen molar-refractivity contribution < 1.29 is 14.7 Å². The number of fused-ring (bicyclic) bond motifs is 1. The monoisotopic (exact) mass is 478 g/mol. The van der Waals surface area contributed by atoms with E-state index in [0.29, 0.717) is 12.3 Å². The average molecular weight is 479 g/mol. The summed E-state index contributed by atoms with van der Waals surface area (Å²) in [6.07, 6.45) is 5.86. The molecule has 5 nitrogen and oxygen atoms in total. The molecule has 0 saturated heterocycles. The van der Waals surface area contributed by atoms with E-state index < -0.39 is 5.97 Å². The lowest BCUT2D eigenvalue weighted by Crippen LogP contribution is -2.50. The number of rotatable bonds is 7. The molecule has 0 amide bonds. The predicted octanol–water partition coefficient (Wildman–Crippen LogP) is 6.78. The van der Waals surface area contributed by atoms with Crippen LogP contribution in [0.5, 0.6) is 0 Å². The van der Waals surface area contributed by atoms with Gasteiger partial charge in [-0.25, -0.2) is 0 Å². The van der Waals surface area contributed by atoms with E-state index in [2.05, 4.69) is 48.4 Å². The van der Waals surface area contributed by atoms with E-state index in [-0.39, 0.29) is 23.2 Å². The van der Waals surface area contributed by atoms with E-state index in [4.69, 9.17) is 0 Å². The fraction of sp³-hybridized carbons (Fsp3) is 0.323. The highest BCUT2D eigenvalue weighted by atomic mass is 16.4. The first-order chi connectivity index (χ1) is 17.4. The van der Waals surface area contributed by atoms with E-state index in [1.54, 1.807) is 0 Å². The summed E-state index contributed by atoms with van der Waals surface area (Å²) in [5.74, 6) is -0.360. The highest BCUT2D eigenvalue weighted by molar-refractivity contribution is 6.07. The van der Waals surface area contributed by atoms with Gasteiger partial charge in [0.25, 0.3) is 0 Å². The van der Waals surface area contributed by atoms with Crippen molar-refractivity contribution in [2.45, 2.75) is 45.1 Å². The number of para-hydroxylation sites is 1. The Labute approximate surface area is 210 Å². The normalized spacial score (nSPS) is 23.7. The molecule has 0 aliphatic heterocycles. The van der Waals surface area contributed by atoms with E-state index in [9.17, 15) is 14.7 Å². The Hall–Kier alpha value is -3.73. The van der Waals surface area contributed by atoms with Crippen molar-refractivity contribution in [3.05, 3.63) is 90.1 Å². The van der Waals surface area contributed by atoms with E-state index in [0.717, 1.165) is 47.7 Å². The van der Waals surface area contributed by atoms with Crippen LogP contribution in [-0.2, 0) is 4.79 Å². The Balaban J connectivity index is 1.20. The van der Waals surface area contributed by atoms with Crippen LogP contribution in [0.15, 0.2) is 79.0 Å². The van der Waals surface area contributed by atoms with Gasteiger partial charge in [0.1, 0.15) is 0 Å². The van der Waals surface area contributed by atoms with Crippen LogP contribution < -0.4 is 0 Å². The summed E-state index contributed by atoms with van der Waals surface area (Å²) in [5.41, 5.74) is 5.31. The minimum atomic E-state index is -0.677. The van der Waals surface area contributed by atoms with Gasteiger partial charge in [0.15, 0.2) is 5.78 Å². The Morgan fingerprint density at radius 3 is 2.33 bits per heavy atom. The van der Waals surface area contributed by atoms with Crippen LogP contribution in [0.2, 0.25) is 0 Å². The molecule has 2 aliphatic rings. The zero-order valence-corrected chi connectivity index (χ0v) is 20.4. The van der Waals surface area contributed by atoms with Crippen LogP contribution in [0.3, 0.4) is 0 Å². The minimum absolute atomic E-state index is 0.0174. The number of hydrogen-bond acceptors (Lipinski definition) is 3. The predicted molar refractivity (Wildman–Crippen MR) is 140 cm³/mol. The van der Waals surface area contributed by atoms with E-state index in [1.807, 2.05) is 47.3 Å². The van der Waals surface area contributed by atoms with Gasteiger partial charge in [0, 0.05) is 17.4 Å². The molecule has 4 aromatic rings. The summed E-state index contributed by atoms with van der Waals surface area (Å²) >= 11 is 0. The largest absolute Gasteiger partial charge is 0.481 e. The first-order valence-electron chi connectivity index (χ1n) is 12.8. The molecule has 2 aliphatic carbocycles. The van der Waals surface area contributed by atoms with Gasteiger partial charge < -0.3 is 5.11 Å². The van der Waals surface area contributed by atoms with Crippen LogP contribution in [0.4, 0.5) is 0 Å². The van der Waals surface area contributed by atoms with Crippen molar-refractivity contribution in [2.75, 3.05) is 0 Å². The molecule has 3 aromatic carbocycles. The molecule has 2 saturated carbocycles. The number of aromatic nitrogens is 2. The third-order valence-corrected chi connectivity index (χ3v) is 8.41. The Kier molecular flexibility index (Phi) is 5.51. The number of aliphatic carboxylic acids is 1. The van der Waals surface area contributed by atoms with Gasteiger partial charge in [-0.3, -0.25) is 14.3 Å². The Bertz CT molecular complexity index is 1420. The van der Waals surface area contributed by atoms with Crippen LogP contribution >= 0.6 is 0 Å².